The lowest BCUT2D eigenvalue weighted by Gasteiger charge is -2.19. The minimum absolute atomic E-state index is 0.295. The molecular formula is C24H26FN3O3. The maximum atomic E-state index is 13.9. The van der Waals surface area contributed by atoms with E-state index < -0.39 is 0 Å². The summed E-state index contributed by atoms with van der Waals surface area (Å²) in [7, 11) is 0. The van der Waals surface area contributed by atoms with Crippen LogP contribution in [0.2, 0.25) is 0 Å². The Morgan fingerprint density at radius 1 is 1.10 bits per heavy atom. The lowest BCUT2D eigenvalue weighted by molar-refractivity contribution is -0.112. The molecule has 2 aromatic rings. The van der Waals surface area contributed by atoms with Crippen LogP contribution in [0.4, 0.5) is 15.8 Å². The van der Waals surface area contributed by atoms with Crippen LogP contribution < -0.4 is 25.8 Å². The van der Waals surface area contributed by atoms with Crippen molar-refractivity contribution in [1.82, 2.24) is 0 Å². The summed E-state index contributed by atoms with van der Waals surface area (Å²) in [4.78, 5) is 12.5. The number of carbonyl (C=O) groups is 1. The molecule has 6 nitrogen and oxygen atoms in total. The van der Waals surface area contributed by atoms with Gasteiger partial charge in [-0.05, 0) is 49.8 Å². The summed E-state index contributed by atoms with van der Waals surface area (Å²) in [6.07, 6.45) is 5.85. The molecular weight excluding hydrogens is 397 g/mol. The Morgan fingerprint density at radius 2 is 1.84 bits per heavy atom. The first-order chi connectivity index (χ1) is 15.0. The fraction of sp³-hybridized carbons (Fsp3) is 0.208. The molecule has 1 heterocycles. The molecule has 0 atom stereocenters. The Morgan fingerprint density at radius 3 is 2.58 bits per heavy atom. The van der Waals surface area contributed by atoms with Crippen LogP contribution in [0.1, 0.15) is 20.3 Å². The van der Waals surface area contributed by atoms with E-state index >= 15 is 0 Å². The number of benzene rings is 2. The first-order valence-corrected chi connectivity index (χ1v) is 10.0. The predicted molar refractivity (Wildman–Crippen MR) is 120 cm³/mol. The molecule has 0 fully saturated rings. The average Bonchev–Trinajstić information content (AvgIpc) is 2.75. The number of halogens is 1. The number of hydrogen-bond donors (Lipinski definition) is 3. The smallest absolute Gasteiger partial charge is 0.251 e. The van der Waals surface area contributed by atoms with Crippen LogP contribution in [0.25, 0.3) is 0 Å². The predicted octanol–water partition coefficient (Wildman–Crippen LogP) is 4.73. The molecule has 3 rings (SSSR count). The van der Waals surface area contributed by atoms with Gasteiger partial charge in [0.05, 0.1) is 5.69 Å². The Labute approximate surface area is 181 Å². The molecule has 0 unspecified atom stereocenters. The van der Waals surface area contributed by atoms with Crippen LogP contribution in [0.5, 0.6) is 11.5 Å². The van der Waals surface area contributed by atoms with Crippen LogP contribution in [0, 0.1) is 5.82 Å². The third kappa shape index (κ3) is 6.12. The molecule has 0 aliphatic carbocycles. The van der Waals surface area contributed by atoms with Crippen molar-refractivity contribution >= 4 is 17.3 Å². The summed E-state index contributed by atoms with van der Waals surface area (Å²) in [6.45, 7) is 4.61. The second-order valence-corrected chi connectivity index (χ2v) is 6.96. The van der Waals surface area contributed by atoms with Gasteiger partial charge in [-0.25, -0.2) is 4.39 Å². The molecule has 162 valence electrons. The number of nitrogens with two attached hydrogens (primary N) is 1. The molecule has 0 aromatic heterocycles. The number of allylic oxidation sites excluding steroid dienone is 3. The Balaban J connectivity index is 1.69. The zero-order valence-electron chi connectivity index (χ0n) is 17.6. The fourth-order valence-electron chi connectivity index (χ4n) is 2.97. The van der Waals surface area contributed by atoms with E-state index in [1.54, 1.807) is 55.5 Å². The molecule has 7 heteroatoms. The first-order valence-electron chi connectivity index (χ1n) is 10.0. The molecule has 2 aromatic carbocycles. The minimum Gasteiger partial charge on any atom is -0.486 e. The van der Waals surface area contributed by atoms with Gasteiger partial charge in [0, 0.05) is 28.7 Å². The number of ether oxygens (including phenoxy) is 2. The molecule has 0 radical (unpaired) electrons. The van der Waals surface area contributed by atoms with Crippen molar-refractivity contribution < 1.29 is 18.7 Å². The van der Waals surface area contributed by atoms with Gasteiger partial charge in [0.2, 0.25) is 0 Å². The number of rotatable bonds is 7. The summed E-state index contributed by atoms with van der Waals surface area (Å²) in [5.41, 5.74) is 8.48. The largest absolute Gasteiger partial charge is 0.486 e. The Hall–Kier alpha value is -3.74. The van der Waals surface area contributed by atoms with E-state index in [1.165, 1.54) is 6.07 Å². The Kier molecular flexibility index (Phi) is 7.32. The van der Waals surface area contributed by atoms with Gasteiger partial charge in [0.25, 0.3) is 5.91 Å². The third-order valence-electron chi connectivity index (χ3n) is 4.44. The quantitative estimate of drug-likeness (QED) is 0.443. The van der Waals surface area contributed by atoms with E-state index in [0.717, 1.165) is 6.42 Å². The van der Waals surface area contributed by atoms with E-state index in [2.05, 4.69) is 10.6 Å². The van der Waals surface area contributed by atoms with E-state index in [4.69, 9.17) is 15.2 Å². The number of anilines is 2. The van der Waals surface area contributed by atoms with Gasteiger partial charge in [-0.3, -0.25) is 4.79 Å². The van der Waals surface area contributed by atoms with Crippen LogP contribution >= 0.6 is 0 Å². The molecule has 4 N–H and O–H groups in total. The van der Waals surface area contributed by atoms with E-state index in [-0.39, 0.29) is 11.7 Å². The van der Waals surface area contributed by atoms with Gasteiger partial charge >= 0.3 is 0 Å². The lowest BCUT2D eigenvalue weighted by Crippen LogP contribution is -2.17. The number of nitrogens with one attached hydrogen (secondary N) is 2. The summed E-state index contributed by atoms with van der Waals surface area (Å²) in [5, 5.41) is 5.84. The highest BCUT2D eigenvalue weighted by molar-refractivity contribution is 6.03. The maximum Gasteiger partial charge on any atom is 0.251 e. The fourth-order valence-corrected chi connectivity index (χ4v) is 2.97. The topological polar surface area (TPSA) is 85.6 Å². The second-order valence-electron chi connectivity index (χ2n) is 6.96. The summed E-state index contributed by atoms with van der Waals surface area (Å²) >= 11 is 0. The highest BCUT2D eigenvalue weighted by atomic mass is 19.1. The second kappa shape index (κ2) is 10.3. The molecule has 1 aliphatic rings. The number of carbonyl (C=O) groups excluding carboxylic acids is 1. The zero-order valence-corrected chi connectivity index (χ0v) is 17.6. The van der Waals surface area contributed by atoms with Crippen molar-refractivity contribution in [3.05, 3.63) is 83.5 Å². The van der Waals surface area contributed by atoms with Crippen molar-refractivity contribution in [1.29, 1.82) is 0 Å². The SMILES string of the molecule is CC/C=C(/C=C(N)\C=C(/C)C(=O)Nc1ccc2c(c1)OCCO2)Nc1ccccc1F. The van der Waals surface area contributed by atoms with Gasteiger partial charge in [-0.15, -0.1) is 0 Å². The van der Waals surface area contributed by atoms with Gasteiger partial charge in [0.1, 0.15) is 19.0 Å². The maximum absolute atomic E-state index is 13.9. The number of fused-ring (bicyclic) bond motifs is 1. The highest BCUT2D eigenvalue weighted by Gasteiger charge is 2.13. The molecule has 1 aliphatic heterocycles. The number of amides is 1. The molecule has 0 saturated carbocycles. The number of para-hydroxylation sites is 1. The standard InChI is InChI=1S/C24H26FN3O3/c1-3-6-18(27-21-8-5-4-7-20(21)25)14-17(26)13-16(2)24(29)28-19-9-10-22-23(15-19)31-12-11-30-22/h4-10,13-15,27H,3,11-12,26H2,1-2H3,(H,28,29)/b16-13+,17-14+,18-6-. The highest BCUT2D eigenvalue weighted by Crippen LogP contribution is 2.32. The molecule has 0 spiro atoms. The van der Waals surface area contributed by atoms with Gasteiger partial charge < -0.3 is 25.8 Å². The average molecular weight is 423 g/mol. The van der Waals surface area contributed by atoms with Crippen molar-refractivity contribution in [2.75, 3.05) is 23.8 Å². The normalized spacial score (nSPS) is 14.2. The van der Waals surface area contributed by atoms with Crippen LogP contribution in [-0.2, 0) is 4.79 Å². The molecule has 0 bridgehead atoms. The van der Waals surface area contributed by atoms with Crippen LogP contribution in [0.15, 0.2) is 77.7 Å². The summed E-state index contributed by atoms with van der Waals surface area (Å²) in [6, 6.07) is 11.6. The monoisotopic (exact) mass is 423 g/mol. The van der Waals surface area contributed by atoms with Crippen molar-refractivity contribution in [2.45, 2.75) is 20.3 Å². The Bertz CT molecular complexity index is 1040. The summed E-state index contributed by atoms with van der Waals surface area (Å²) in [5.74, 6) is 0.595. The minimum atomic E-state index is -0.359. The van der Waals surface area contributed by atoms with Gasteiger partial charge in [0.15, 0.2) is 11.5 Å². The number of hydrogen-bond acceptors (Lipinski definition) is 5. The van der Waals surface area contributed by atoms with Crippen molar-refractivity contribution in [2.24, 2.45) is 5.73 Å². The molecule has 1 amide bonds. The summed E-state index contributed by atoms with van der Waals surface area (Å²) < 4.78 is 24.9. The molecule has 0 saturated heterocycles. The van der Waals surface area contributed by atoms with E-state index in [9.17, 15) is 9.18 Å². The van der Waals surface area contributed by atoms with E-state index in [0.29, 0.717) is 53.1 Å². The third-order valence-corrected chi connectivity index (χ3v) is 4.44. The van der Waals surface area contributed by atoms with Crippen LogP contribution in [-0.4, -0.2) is 19.1 Å². The molecule has 31 heavy (non-hydrogen) atoms. The van der Waals surface area contributed by atoms with Crippen LogP contribution in [0.3, 0.4) is 0 Å². The van der Waals surface area contributed by atoms with Gasteiger partial charge in [-0.2, -0.15) is 0 Å². The van der Waals surface area contributed by atoms with Crippen molar-refractivity contribution in [3.63, 3.8) is 0 Å². The van der Waals surface area contributed by atoms with E-state index in [1.807, 2.05) is 13.0 Å². The lowest BCUT2D eigenvalue weighted by atomic mass is 10.2. The zero-order chi connectivity index (χ0) is 22.2. The van der Waals surface area contributed by atoms with Crippen molar-refractivity contribution in [3.8, 4) is 11.5 Å². The van der Waals surface area contributed by atoms with Gasteiger partial charge in [-0.1, -0.05) is 25.1 Å². The first kappa shape index (κ1) is 22.0.